The van der Waals surface area contributed by atoms with Crippen LogP contribution in [0.4, 0.5) is 5.69 Å². The minimum atomic E-state index is -0.456. The van der Waals surface area contributed by atoms with Crippen LogP contribution in [-0.4, -0.2) is 24.7 Å². The Morgan fingerprint density at radius 3 is 2.69 bits per heavy atom. The van der Waals surface area contributed by atoms with Gasteiger partial charge in [0.2, 0.25) is 0 Å². The molecule has 0 atom stereocenters. The van der Waals surface area contributed by atoms with E-state index in [0.29, 0.717) is 19.8 Å². The molecule has 0 aliphatic rings. The lowest BCUT2D eigenvalue weighted by Gasteiger charge is -2.06. The maximum atomic E-state index is 10.7. The van der Waals surface area contributed by atoms with Crippen molar-refractivity contribution in [2.24, 2.45) is 0 Å². The van der Waals surface area contributed by atoms with Gasteiger partial charge >= 0.3 is 5.69 Å². The Hall–Kier alpha value is -1.62. The topological polar surface area (TPSA) is 61.6 Å². The maximum absolute atomic E-state index is 10.7. The second-order valence-electron chi connectivity index (χ2n) is 3.19. The predicted molar refractivity (Wildman–Crippen MR) is 59.7 cm³/mol. The highest BCUT2D eigenvalue weighted by Crippen LogP contribution is 2.25. The summed E-state index contributed by atoms with van der Waals surface area (Å²) in [6.07, 6.45) is 0.950. The molecule has 5 heteroatoms. The lowest BCUT2D eigenvalue weighted by Crippen LogP contribution is -2.08. The van der Waals surface area contributed by atoms with Gasteiger partial charge < -0.3 is 9.47 Å². The number of hydrogen-bond donors (Lipinski definition) is 0. The summed E-state index contributed by atoms with van der Waals surface area (Å²) in [7, 11) is 0. The third kappa shape index (κ3) is 3.86. The summed E-state index contributed by atoms with van der Waals surface area (Å²) in [5.74, 6) is 0.285. The smallest absolute Gasteiger partial charge is 0.310 e. The Morgan fingerprint density at radius 2 is 2.00 bits per heavy atom. The second kappa shape index (κ2) is 6.79. The molecule has 1 aromatic carbocycles. The lowest BCUT2D eigenvalue weighted by molar-refractivity contribution is -0.385. The molecule has 0 heterocycles. The minimum Gasteiger partial charge on any atom is -0.484 e. The largest absolute Gasteiger partial charge is 0.484 e. The van der Waals surface area contributed by atoms with E-state index < -0.39 is 4.92 Å². The monoisotopic (exact) mass is 225 g/mol. The molecule has 0 amide bonds. The van der Waals surface area contributed by atoms with Gasteiger partial charge in [0.25, 0.3) is 0 Å². The highest BCUT2D eigenvalue weighted by molar-refractivity contribution is 5.45. The molecule has 0 saturated heterocycles. The van der Waals surface area contributed by atoms with E-state index >= 15 is 0 Å². The summed E-state index contributed by atoms with van der Waals surface area (Å²) >= 11 is 0. The van der Waals surface area contributed by atoms with E-state index in [4.69, 9.17) is 9.47 Å². The minimum absolute atomic E-state index is 0.0157. The fourth-order valence-corrected chi connectivity index (χ4v) is 1.19. The Bertz CT molecular complexity index is 341. The highest BCUT2D eigenvalue weighted by atomic mass is 16.6. The van der Waals surface area contributed by atoms with Crippen LogP contribution in [0.15, 0.2) is 24.3 Å². The van der Waals surface area contributed by atoms with Crippen LogP contribution in [0, 0.1) is 10.1 Å². The van der Waals surface area contributed by atoms with Crippen LogP contribution in [0.25, 0.3) is 0 Å². The fraction of sp³-hybridized carbons (Fsp3) is 0.455. The van der Waals surface area contributed by atoms with Crippen LogP contribution in [0.1, 0.15) is 13.3 Å². The molecule has 0 N–H and O–H groups in total. The van der Waals surface area contributed by atoms with Crippen molar-refractivity contribution in [3.8, 4) is 5.75 Å². The third-order valence-electron chi connectivity index (χ3n) is 1.90. The molecule has 1 aromatic rings. The first kappa shape index (κ1) is 12.4. The number of nitrogens with zero attached hydrogens (tertiary/aromatic N) is 1. The molecule has 88 valence electrons. The first-order chi connectivity index (χ1) is 7.75. The van der Waals surface area contributed by atoms with Crippen LogP contribution in [0.5, 0.6) is 5.75 Å². The van der Waals surface area contributed by atoms with E-state index in [1.807, 2.05) is 6.92 Å². The normalized spacial score (nSPS) is 10.1. The maximum Gasteiger partial charge on any atom is 0.310 e. The third-order valence-corrected chi connectivity index (χ3v) is 1.90. The number of hydrogen-bond acceptors (Lipinski definition) is 4. The molecular weight excluding hydrogens is 210 g/mol. The molecule has 0 saturated carbocycles. The van der Waals surface area contributed by atoms with Crippen molar-refractivity contribution in [2.45, 2.75) is 13.3 Å². The Labute approximate surface area is 94.1 Å². The summed E-state index contributed by atoms with van der Waals surface area (Å²) in [6, 6.07) is 6.31. The van der Waals surface area contributed by atoms with Gasteiger partial charge in [0.1, 0.15) is 6.61 Å². The first-order valence-electron chi connectivity index (χ1n) is 5.19. The number of nitro benzene ring substituents is 1. The van der Waals surface area contributed by atoms with E-state index in [1.54, 1.807) is 18.2 Å². The van der Waals surface area contributed by atoms with E-state index in [2.05, 4.69) is 0 Å². The van der Waals surface area contributed by atoms with Gasteiger partial charge in [0, 0.05) is 12.7 Å². The van der Waals surface area contributed by atoms with Crippen molar-refractivity contribution in [3.63, 3.8) is 0 Å². The van der Waals surface area contributed by atoms with Crippen molar-refractivity contribution in [1.82, 2.24) is 0 Å². The standard InChI is InChI=1S/C11H15NO4/c1-2-7-15-8-9-16-11-6-4-3-5-10(11)12(13)14/h3-6H,2,7-9H2,1H3. The summed E-state index contributed by atoms with van der Waals surface area (Å²) < 4.78 is 10.5. The van der Waals surface area contributed by atoms with Crippen LogP contribution in [0.2, 0.25) is 0 Å². The molecule has 0 spiro atoms. The summed E-state index contributed by atoms with van der Waals surface area (Å²) in [4.78, 5) is 10.2. The van der Waals surface area contributed by atoms with Gasteiger partial charge in [0.05, 0.1) is 11.5 Å². The van der Waals surface area contributed by atoms with Crippen LogP contribution in [-0.2, 0) is 4.74 Å². The first-order valence-corrected chi connectivity index (χ1v) is 5.19. The zero-order chi connectivity index (χ0) is 11.8. The van der Waals surface area contributed by atoms with Crippen LogP contribution in [0.3, 0.4) is 0 Å². The number of nitro groups is 1. The van der Waals surface area contributed by atoms with Gasteiger partial charge in [-0.3, -0.25) is 10.1 Å². The lowest BCUT2D eigenvalue weighted by atomic mass is 10.3. The quantitative estimate of drug-likeness (QED) is 0.406. The van der Waals surface area contributed by atoms with Crippen LogP contribution < -0.4 is 4.74 Å². The van der Waals surface area contributed by atoms with Crippen molar-refractivity contribution in [2.75, 3.05) is 19.8 Å². The molecule has 0 aromatic heterocycles. The van der Waals surface area contributed by atoms with Gasteiger partial charge in [-0.15, -0.1) is 0 Å². The zero-order valence-electron chi connectivity index (χ0n) is 9.22. The number of ether oxygens (including phenoxy) is 2. The molecule has 16 heavy (non-hydrogen) atoms. The zero-order valence-corrected chi connectivity index (χ0v) is 9.22. The summed E-state index contributed by atoms with van der Waals surface area (Å²) in [5.41, 5.74) is -0.0157. The molecular formula is C11H15NO4. The molecule has 1 rings (SSSR count). The Morgan fingerprint density at radius 1 is 1.25 bits per heavy atom. The molecule has 0 bridgehead atoms. The van der Waals surface area contributed by atoms with Crippen LogP contribution >= 0.6 is 0 Å². The molecule has 5 nitrogen and oxygen atoms in total. The van der Waals surface area contributed by atoms with Gasteiger partial charge in [-0.05, 0) is 12.5 Å². The molecule has 0 unspecified atom stereocenters. The Kier molecular flexibility index (Phi) is 5.28. The van der Waals surface area contributed by atoms with E-state index in [9.17, 15) is 10.1 Å². The molecule has 0 fully saturated rings. The summed E-state index contributed by atoms with van der Waals surface area (Å²) in [5, 5.41) is 10.7. The van der Waals surface area contributed by atoms with Gasteiger partial charge in [0.15, 0.2) is 5.75 Å². The average Bonchev–Trinajstić information content (AvgIpc) is 2.29. The number of para-hydroxylation sites is 2. The SMILES string of the molecule is CCCOCCOc1ccccc1[N+](=O)[O-]. The molecule has 0 radical (unpaired) electrons. The summed E-state index contributed by atoms with van der Waals surface area (Å²) in [6.45, 7) is 3.47. The van der Waals surface area contributed by atoms with Gasteiger partial charge in [-0.2, -0.15) is 0 Å². The van der Waals surface area contributed by atoms with E-state index in [-0.39, 0.29) is 11.4 Å². The van der Waals surface area contributed by atoms with Crippen molar-refractivity contribution in [1.29, 1.82) is 0 Å². The van der Waals surface area contributed by atoms with Gasteiger partial charge in [-0.25, -0.2) is 0 Å². The van der Waals surface area contributed by atoms with Crippen molar-refractivity contribution in [3.05, 3.63) is 34.4 Å². The highest BCUT2D eigenvalue weighted by Gasteiger charge is 2.12. The average molecular weight is 225 g/mol. The number of benzene rings is 1. The number of rotatable bonds is 7. The second-order valence-corrected chi connectivity index (χ2v) is 3.19. The van der Waals surface area contributed by atoms with Crippen molar-refractivity contribution >= 4 is 5.69 Å². The molecule has 0 aliphatic heterocycles. The van der Waals surface area contributed by atoms with E-state index in [1.165, 1.54) is 6.07 Å². The van der Waals surface area contributed by atoms with E-state index in [0.717, 1.165) is 6.42 Å². The molecule has 0 aliphatic carbocycles. The van der Waals surface area contributed by atoms with Crippen molar-refractivity contribution < 1.29 is 14.4 Å². The predicted octanol–water partition coefficient (Wildman–Crippen LogP) is 2.40. The Balaban J connectivity index is 2.44. The van der Waals surface area contributed by atoms with Gasteiger partial charge in [-0.1, -0.05) is 19.1 Å². The fourth-order valence-electron chi connectivity index (χ4n) is 1.19.